The summed E-state index contributed by atoms with van der Waals surface area (Å²) in [4.78, 5) is 4.90. The molecule has 1 fully saturated rings. The Labute approximate surface area is 158 Å². The van der Waals surface area contributed by atoms with E-state index >= 15 is 0 Å². The number of benzene rings is 2. The predicted molar refractivity (Wildman–Crippen MR) is 102 cm³/mol. The van der Waals surface area contributed by atoms with Gasteiger partial charge in [-0.2, -0.15) is 9.29 Å². The van der Waals surface area contributed by atoms with Crippen molar-refractivity contribution in [3.8, 4) is 11.5 Å². The minimum Gasteiger partial charge on any atom is -0.334 e. The van der Waals surface area contributed by atoms with E-state index in [1.807, 2.05) is 37.3 Å². The summed E-state index contributed by atoms with van der Waals surface area (Å²) in [5.41, 5.74) is 2.01. The van der Waals surface area contributed by atoms with Crippen LogP contribution < -0.4 is 0 Å². The third-order valence-corrected chi connectivity index (χ3v) is 6.93. The average molecular weight is 383 g/mol. The van der Waals surface area contributed by atoms with Crippen molar-refractivity contribution in [1.29, 1.82) is 0 Å². The summed E-state index contributed by atoms with van der Waals surface area (Å²) in [7, 11) is -3.44. The Bertz CT molecular complexity index is 1020. The molecule has 1 saturated heterocycles. The van der Waals surface area contributed by atoms with Gasteiger partial charge in [0.05, 0.1) is 4.90 Å². The molecule has 0 N–H and O–H groups in total. The van der Waals surface area contributed by atoms with Crippen molar-refractivity contribution in [3.05, 3.63) is 66.0 Å². The second-order valence-corrected chi connectivity index (χ2v) is 8.70. The number of piperidine rings is 1. The van der Waals surface area contributed by atoms with E-state index in [2.05, 4.69) is 10.1 Å². The minimum absolute atomic E-state index is 0.105. The molecule has 1 aliphatic rings. The standard InChI is InChI=1S/C20H21N3O3S/c1-15-7-5-6-10-18(15)20-21-19(22-26-20)16-11-13-23(14-12-16)27(24,25)17-8-3-2-4-9-17/h2-10,16H,11-14H2,1H3. The Morgan fingerprint density at radius 1 is 1.00 bits per heavy atom. The van der Waals surface area contributed by atoms with E-state index in [4.69, 9.17) is 4.52 Å². The van der Waals surface area contributed by atoms with E-state index in [1.165, 1.54) is 0 Å². The third-order valence-electron chi connectivity index (χ3n) is 5.02. The molecule has 3 aromatic rings. The summed E-state index contributed by atoms with van der Waals surface area (Å²) in [6.45, 7) is 2.92. The van der Waals surface area contributed by atoms with E-state index in [0.29, 0.717) is 42.5 Å². The highest BCUT2D eigenvalue weighted by Crippen LogP contribution is 2.31. The zero-order chi connectivity index (χ0) is 18.9. The molecule has 0 unspecified atom stereocenters. The highest BCUT2D eigenvalue weighted by atomic mass is 32.2. The van der Waals surface area contributed by atoms with Crippen LogP contribution in [-0.4, -0.2) is 36.0 Å². The summed E-state index contributed by atoms with van der Waals surface area (Å²) in [5.74, 6) is 1.28. The smallest absolute Gasteiger partial charge is 0.258 e. The molecular formula is C20H21N3O3S. The molecule has 0 saturated carbocycles. The average Bonchev–Trinajstić information content (AvgIpc) is 3.19. The van der Waals surface area contributed by atoms with Gasteiger partial charge in [0.2, 0.25) is 10.0 Å². The van der Waals surface area contributed by atoms with Crippen LogP contribution in [0.4, 0.5) is 0 Å². The van der Waals surface area contributed by atoms with Gasteiger partial charge in [-0.25, -0.2) is 8.42 Å². The molecule has 0 bridgehead atoms. The molecule has 0 radical (unpaired) electrons. The molecule has 140 valence electrons. The number of hydrogen-bond donors (Lipinski definition) is 0. The largest absolute Gasteiger partial charge is 0.334 e. The fourth-order valence-electron chi connectivity index (χ4n) is 3.42. The van der Waals surface area contributed by atoms with Crippen LogP contribution in [-0.2, 0) is 10.0 Å². The number of nitrogens with zero attached hydrogens (tertiary/aromatic N) is 3. The van der Waals surface area contributed by atoms with Crippen LogP contribution in [0.15, 0.2) is 64.0 Å². The Balaban J connectivity index is 1.47. The lowest BCUT2D eigenvalue weighted by Crippen LogP contribution is -2.38. The zero-order valence-electron chi connectivity index (χ0n) is 15.1. The van der Waals surface area contributed by atoms with Gasteiger partial charge in [-0.1, -0.05) is 41.6 Å². The Morgan fingerprint density at radius 2 is 1.67 bits per heavy atom. The summed E-state index contributed by atoms with van der Waals surface area (Å²) in [6.07, 6.45) is 1.36. The van der Waals surface area contributed by atoms with Crippen LogP contribution in [0.2, 0.25) is 0 Å². The van der Waals surface area contributed by atoms with Crippen LogP contribution in [0.1, 0.15) is 30.1 Å². The minimum atomic E-state index is -3.44. The molecule has 4 rings (SSSR count). The van der Waals surface area contributed by atoms with Crippen LogP contribution in [0, 0.1) is 6.92 Å². The molecule has 7 heteroatoms. The first-order chi connectivity index (χ1) is 13.1. The second kappa shape index (κ2) is 7.25. The maximum atomic E-state index is 12.7. The predicted octanol–water partition coefficient (Wildman–Crippen LogP) is 3.61. The SMILES string of the molecule is Cc1ccccc1-c1nc(C2CCN(S(=O)(=O)c3ccccc3)CC2)no1. The second-order valence-electron chi connectivity index (χ2n) is 6.76. The van der Waals surface area contributed by atoms with E-state index in [0.717, 1.165) is 11.1 Å². The van der Waals surface area contributed by atoms with Gasteiger partial charge in [-0.3, -0.25) is 0 Å². The monoisotopic (exact) mass is 383 g/mol. The third kappa shape index (κ3) is 3.52. The summed E-state index contributed by atoms with van der Waals surface area (Å²) >= 11 is 0. The number of rotatable bonds is 4. The summed E-state index contributed by atoms with van der Waals surface area (Å²) < 4.78 is 32.5. The number of aryl methyl sites for hydroxylation is 1. The maximum Gasteiger partial charge on any atom is 0.258 e. The first-order valence-corrected chi connectivity index (χ1v) is 10.4. The number of hydrogen-bond acceptors (Lipinski definition) is 5. The van der Waals surface area contributed by atoms with Crippen LogP contribution in [0.25, 0.3) is 11.5 Å². The Kier molecular flexibility index (Phi) is 4.80. The van der Waals surface area contributed by atoms with Gasteiger partial charge in [0.1, 0.15) is 0 Å². The van der Waals surface area contributed by atoms with Crippen LogP contribution in [0.5, 0.6) is 0 Å². The number of sulfonamides is 1. The lowest BCUT2D eigenvalue weighted by molar-refractivity contribution is 0.307. The fourth-order valence-corrected chi connectivity index (χ4v) is 4.91. The van der Waals surface area contributed by atoms with Crippen LogP contribution >= 0.6 is 0 Å². The van der Waals surface area contributed by atoms with Gasteiger partial charge in [-0.15, -0.1) is 0 Å². The normalized spacial score (nSPS) is 16.5. The van der Waals surface area contributed by atoms with Gasteiger partial charge in [0.15, 0.2) is 5.82 Å². The molecule has 6 nitrogen and oxygen atoms in total. The zero-order valence-corrected chi connectivity index (χ0v) is 15.9. The van der Waals surface area contributed by atoms with E-state index in [1.54, 1.807) is 28.6 Å². The van der Waals surface area contributed by atoms with Gasteiger partial charge in [0, 0.05) is 24.6 Å². The van der Waals surface area contributed by atoms with Crippen molar-refractivity contribution >= 4 is 10.0 Å². The summed E-state index contributed by atoms with van der Waals surface area (Å²) in [5, 5.41) is 4.15. The Morgan fingerprint density at radius 3 is 2.37 bits per heavy atom. The quantitative estimate of drug-likeness (QED) is 0.688. The highest BCUT2D eigenvalue weighted by molar-refractivity contribution is 7.89. The van der Waals surface area contributed by atoms with Gasteiger partial charge in [-0.05, 0) is 43.5 Å². The molecule has 0 aliphatic carbocycles. The van der Waals surface area contributed by atoms with E-state index in [-0.39, 0.29) is 5.92 Å². The molecule has 0 atom stereocenters. The first-order valence-electron chi connectivity index (χ1n) is 9.00. The summed E-state index contributed by atoms with van der Waals surface area (Å²) in [6, 6.07) is 16.4. The Hall–Kier alpha value is -2.51. The molecule has 2 heterocycles. The lowest BCUT2D eigenvalue weighted by Gasteiger charge is -2.29. The number of aromatic nitrogens is 2. The van der Waals surface area contributed by atoms with Crippen LogP contribution in [0.3, 0.4) is 0 Å². The van der Waals surface area contributed by atoms with Crippen molar-refractivity contribution in [2.24, 2.45) is 0 Å². The topological polar surface area (TPSA) is 76.3 Å². The van der Waals surface area contributed by atoms with Gasteiger partial charge in [0.25, 0.3) is 5.89 Å². The van der Waals surface area contributed by atoms with Crippen molar-refractivity contribution < 1.29 is 12.9 Å². The van der Waals surface area contributed by atoms with Crippen molar-refractivity contribution in [2.45, 2.75) is 30.6 Å². The van der Waals surface area contributed by atoms with Gasteiger partial charge >= 0.3 is 0 Å². The molecular weight excluding hydrogens is 362 g/mol. The first kappa shape index (κ1) is 17.9. The molecule has 0 amide bonds. The van der Waals surface area contributed by atoms with E-state index < -0.39 is 10.0 Å². The highest BCUT2D eigenvalue weighted by Gasteiger charge is 2.31. The van der Waals surface area contributed by atoms with E-state index in [9.17, 15) is 8.42 Å². The fraction of sp³-hybridized carbons (Fsp3) is 0.300. The van der Waals surface area contributed by atoms with Crippen molar-refractivity contribution in [3.63, 3.8) is 0 Å². The molecule has 1 aliphatic heterocycles. The lowest BCUT2D eigenvalue weighted by atomic mass is 9.97. The molecule has 1 aromatic heterocycles. The van der Waals surface area contributed by atoms with Gasteiger partial charge < -0.3 is 4.52 Å². The van der Waals surface area contributed by atoms with Crippen molar-refractivity contribution in [2.75, 3.05) is 13.1 Å². The molecule has 27 heavy (non-hydrogen) atoms. The molecule has 2 aromatic carbocycles. The van der Waals surface area contributed by atoms with Crippen molar-refractivity contribution in [1.82, 2.24) is 14.4 Å². The molecule has 0 spiro atoms. The maximum absolute atomic E-state index is 12.7.